The minimum atomic E-state index is 0.541. The fourth-order valence-electron chi connectivity index (χ4n) is 1.80. The maximum Gasteiger partial charge on any atom is 0.119 e. The lowest BCUT2D eigenvalue weighted by molar-refractivity contribution is 0.363. The van der Waals surface area contributed by atoms with Gasteiger partial charge in [-0.25, -0.2) is 0 Å². The van der Waals surface area contributed by atoms with E-state index in [0.717, 1.165) is 18.0 Å². The molecule has 0 saturated carbocycles. The predicted molar refractivity (Wildman–Crippen MR) is 87.7 cm³/mol. The fourth-order valence-corrected chi connectivity index (χ4v) is 2.26. The van der Waals surface area contributed by atoms with Gasteiger partial charge >= 0.3 is 0 Å². The van der Waals surface area contributed by atoms with Crippen LogP contribution < -0.4 is 10.1 Å². The highest BCUT2D eigenvalue weighted by molar-refractivity contribution is 7.98. The van der Waals surface area contributed by atoms with E-state index in [1.165, 1.54) is 10.5 Å². The van der Waals surface area contributed by atoms with Crippen LogP contribution in [0.3, 0.4) is 0 Å². The molecule has 0 aromatic heterocycles. The number of ether oxygens (including phenoxy) is 1. The Morgan fingerprint density at radius 3 is 2.70 bits per heavy atom. The molecule has 3 heteroatoms. The monoisotopic (exact) mass is 285 g/mol. The molecular weight excluding hydrogens is 266 g/mol. The molecule has 0 heterocycles. The van der Waals surface area contributed by atoms with Crippen molar-refractivity contribution in [2.24, 2.45) is 0 Å². The molecule has 2 aromatic rings. The number of anilines is 1. The number of benzene rings is 2. The van der Waals surface area contributed by atoms with Crippen LogP contribution in [0.25, 0.3) is 0 Å². The molecule has 0 atom stereocenters. The summed E-state index contributed by atoms with van der Waals surface area (Å²) < 4.78 is 5.46. The summed E-state index contributed by atoms with van der Waals surface area (Å²) in [6.45, 7) is 4.98. The first kappa shape index (κ1) is 14.5. The maximum atomic E-state index is 5.46. The van der Waals surface area contributed by atoms with Crippen molar-refractivity contribution in [2.75, 3.05) is 18.2 Å². The van der Waals surface area contributed by atoms with E-state index in [2.05, 4.69) is 54.5 Å². The predicted octanol–water partition coefficient (Wildman–Crippen LogP) is 4.59. The van der Waals surface area contributed by atoms with Gasteiger partial charge in [0.05, 0.1) is 0 Å². The summed E-state index contributed by atoms with van der Waals surface area (Å²) in [6.07, 6.45) is 3.83. The summed E-state index contributed by atoms with van der Waals surface area (Å²) in [5.41, 5.74) is 2.37. The Kier molecular flexibility index (Phi) is 5.56. The van der Waals surface area contributed by atoms with Gasteiger partial charge in [-0.3, -0.25) is 0 Å². The van der Waals surface area contributed by atoms with Crippen molar-refractivity contribution in [3.8, 4) is 5.75 Å². The van der Waals surface area contributed by atoms with E-state index in [1.54, 1.807) is 17.8 Å². The van der Waals surface area contributed by atoms with Crippen molar-refractivity contribution in [1.29, 1.82) is 0 Å². The molecule has 2 rings (SSSR count). The summed E-state index contributed by atoms with van der Waals surface area (Å²) in [7, 11) is 0. The Balaban J connectivity index is 1.91. The topological polar surface area (TPSA) is 21.3 Å². The SMILES string of the molecule is C=CCOc1ccc(CNc2cccc(SC)c2)cc1. The number of hydrogen-bond acceptors (Lipinski definition) is 3. The lowest BCUT2D eigenvalue weighted by atomic mass is 10.2. The van der Waals surface area contributed by atoms with E-state index < -0.39 is 0 Å². The van der Waals surface area contributed by atoms with Crippen LogP contribution in [0.5, 0.6) is 5.75 Å². The fraction of sp³-hybridized carbons (Fsp3) is 0.176. The third-order valence-electron chi connectivity index (χ3n) is 2.86. The number of nitrogens with one attached hydrogen (secondary N) is 1. The van der Waals surface area contributed by atoms with Crippen LogP contribution in [0.1, 0.15) is 5.56 Å². The van der Waals surface area contributed by atoms with Crippen LogP contribution in [-0.4, -0.2) is 12.9 Å². The first-order valence-electron chi connectivity index (χ1n) is 6.52. The van der Waals surface area contributed by atoms with Gasteiger partial charge in [0.15, 0.2) is 0 Å². The highest BCUT2D eigenvalue weighted by atomic mass is 32.2. The molecule has 20 heavy (non-hydrogen) atoms. The average molecular weight is 285 g/mol. The molecule has 0 unspecified atom stereocenters. The molecule has 0 aliphatic heterocycles. The van der Waals surface area contributed by atoms with E-state index in [9.17, 15) is 0 Å². The molecular formula is C17H19NOS. The van der Waals surface area contributed by atoms with Gasteiger partial charge in [0, 0.05) is 17.1 Å². The van der Waals surface area contributed by atoms with Crippen LogP contribution in [0.4, 0.5) is 5.69 Å². The molecule has 0 spiro atoms. The van der Waals surface area contributed by atoms with Crippen molar-refractivity contribution in [2.45, 2.75) is 11.4 Å². The van der Waals surface area contributed by atoms with Crippen LogP contribution in [0, 0.1) is 0 Å². The Morgan fingerprint density at radius 2 is 2.00 bits per heavy atom. The largest absolute Gasteiger partial charge is 0.490 e. The molecule has 2 nitrogen and oxygen atoms in total. The molecule has 0 saturated heterocycles. The third-order valence-corrected chi connectivity index (χ3v) is 3.58. The van der Waals surface area contributed by atoms with Crippen molar-refractivity contribution in [3.63, 3.8) is 0 Å². The highest BCUT2D eigenvalue weighted by Gasteiger charge is 1.97. The summed E-state index contributed by atoms with van der Waals surface area (Å²) in [6, 6.07) is 16.5. The zero-order chi connectivity index (χ0) is 14.2. The van der Waals surface area contributed by atoms with E-state index in [1.807, 2.05) is 12.1 Å². The van der Waals surface area contributed by atoms with Crippen LogP contribution in [0.15, 0.2) is 66.1 Å². The highest BCUT2D eigenvalue weighted by Crippen LogP contribution is 2.20. The van der Waals surface area contributed by atoms with Gasteiger partial charge in [0.25, 0.3) is 0 Å². The smallest absolute Gasteiger partial charge is 0.119 e. The van der Waals surface area contributed by atoms with Crippen molar-refractivity contribution >= 4 is 17.4 Å². The van der Waals surface area contributed by atoms with Gasteiger partial charge in [-0.15, -0.1) is 11.8 Å². The molecule has 0 fully saturated rings. The lowest BCUT2D eigenvalue weighted by Gasteiger charge is -2.09. The minimum Gasteiger partial charge on any atom is -0.490 e. The van der Waals surface area contributed by atoms with Gasteiger partial charge < -0.3 is 10.1 Å². The number of hydrogen-bond donors (Lipinski definition) is 1. The van der Waals surface area contributed by atoms with Gasteiger partial charge in [-0.05, 0) is 42.2 Å². The Labute approximate surface area is 124 Å². The van der Waals surface area contributed by atoms with E-state index in [4.69, 9.17) is 4.74 Å². The third kappa shape index (κ3) is 4.35. The first-order valence-corrected chi connectivity index (χ1v) is 7.75. The lowest BCUT2D eigenvalue weighted by Crippen LogP contribution is -1.99. The Hall–Kier alpha value is -1.87. The second kappa shape index (κ2) is 7.65. The van der Waals surface area contributed by atoms with Crippen molar-refractivity contribution in [1.82, 2.24) is 0 Å². The molecule has 1 N–H and O–H groups in total. The minimum absolute atomic E-state index is 0.541. The first-order chi connectivity index (χ1) is 9.81. The van der Waals surface area contributed by atoms with Gasteiger partial charge in [-0.1, -0.05) is 30.9 Å². The molecule has 0 amide bonds. The summed E-state index contributed by atoms with van der Waals surface area (Å²) in [5, 5.41) is 3.43. The second-order valence-electron chi connectivity index (χ2n) is 4.33. The average Bonchev–Trinajstić information content (AvgIpc) is 2.52. The van der Waals surface area contributed by atoms with Gasteiger partial charge in [-0.2, -0.15) is 0 Å². The van der Waals surface area contributed by atoms with Gasteiger partial charge in [0.1, 0.15) is 12.4 Å². The van der Waals surface area contributed by atoms with Gasteiger partial charge in [0.2, 0.25) is 0 Å². The summed E-state index contributed by atoms with van der Waals surface area (Å²) in [5.74, 6) is 0.873. The van der Waals surface area contributed by atoms with Crippen molar-refractivity contribution < 1.29 is 4.74 Å². The van der Waals surface area contributed by atoms with E-state index >= 15 is 0 Å². The second-order valence-corrected chi connectivity index (χ2v) is 5.21. The molecule has 0 bridgehead atoms. The zero-order valence-corrected chi connectivity index (χ0v) is 12.5. The molecule has 0 radical (unpaired) electrons. The Bertz CT molecular complexity index is 551. The summed E-state index contributed by atoms with van der Waals surface area (Å²) >= 11 is 1.75. The summed E-state index contributed by atoms with van der Waals surface area (Å²) in [4.78, 5) is 1.27. The molecule has 104 valence electrons. The van der Waals surface area contributed by atoms with Crippen LogP contribution in [-0.2, 0) is 6.54 Å². The van der Waals surface area contributed by atoms with Crippen molar-refractivity contribution in [3.05, 3.63) is 66.7 Å². The maximum absolute atomic E-state index is 5.46. The normalized spacial score (nSPS) is 10.1. The standard InChI is InChI=1S/C17H19NOS/c1-3-11-19-16-9-7-14(8-10-16)13-18-15-5-4-6-17(12-15)20-2/h3-10,12,18H,1,11,13H2,2H3. The molecule has 0 aliphatic rings. The zero-order valence-electron chi connectivity index (χ0n) is 11.6. The van der Waals surface area contributed by atoms with Crippen LogP contribution >= 0.6 is 11.8 Å². The molecule has 2 aromatic carbocycles. The van der Waals surface area contributed by atoms with E-state index in [-0.39, 0.29) is 0 Å². The van der Waals surface area contributed by atoms with Crippen LogP contribution in [0.2, 0.25) is 0 Å². The number of thioether (sulfide) groups is 1. The molecule has 0 aliphatic carbocycles. The van der Waals surface area contributed by atoms with E-state index in [0.29, 0.717) is 6.61 Å². The number of rotatable bonds is 7. The Morgan fingerprint density at radius 1 is 1.20 bits per heavy atom. The quantitative estimate of drug-likeness (QED) is 0.594.